The van der Waals surface area contributed by atoms with E-state index in [2.05, 4.69) is 0 Å². The summed E-state index contributed by atoms with van der Waals surface area (Å²) in [7, 11) is -7.21. The number of nitrogens with two attached hydrogens (primary N) is 1. The Morgan fingerprint density at radius 2 is 1.75 bits per heavy atom. The summed E-state index contributed by atoms with van der Waals surface area (Å²) in [5.41, 5.74) is 5.59. The second kappa shape index (κ2) is 3.41. The molecule has 0 amide bonds. The maximum atomic E-state index is 11.7. The van der Waals surface area contributed by atoms with Crippen molar-refractivity contribution < 1.29 is 16.8 Å². The van der Waals surface area contributed by atoms with Gasteiger partial charge in [0.2, 0.25) is 10.0 Å². The van der Waals surface area contributed by atoms with Gasteiger partial charge in [-0.3, -0.25) is 0 Å². The first-order valence-corrected chi connectivity index (χ1v) is 8.74. The average Bonchev–Trinajstić information content (AvgIpc) is 2.74. The molecule has 0 aromatic rings. The van der Waals surface area contributed by atoms with E-state index in [-0.39, 0.29) is 13.1 Å². The normalized spacial score (nSPS) is 26.4. The van der Waals surface area contributed by atoms with Gasteiger partial charge in [-0.25, -0.2) is 16.8 Å². The van der Waals surface area contributed by atoms with E-state index in [1.807, 2.05) is 0 Å². The van der Waals surface area contributed by atoms with Gasteiger partial charge in [-0.2, -0.15) is 4.31 Å². The number of rotatable bonds is 4. The van der Waals surface area contributed by atoms with Gasteiger partial charge < -0.3 is 5.73 Å². The molecule has 1 heterocycles. The van der Waals surface area contributed by atoms with Crippen LogP contribution in [0.5, 0.6) is 0 Å². The number of hydrogen-bond donors (Lipinski definition) is 1. The Morgan fingerprint density at radius 3 is 2.12 bits per heavy atom. The van der Waals surface area contributed by atoms with Gasteiger partial charge in [-0.15, -0.1) is 0 Å². The summed E-state index contributed by atoms with van der Waals surface area (Å²) in [5, 5.41) is -0.819. The summed E-state index contributed by atoms with van der Waals surface area (Å²) in [6, 6.07) is 0. The lowest BCUT2D eigenvalue weighted by atomic mass is 9.88. The van der Waals surface area contributed by atoms with E-state index in [9.17, 15) is 16.8 Å². The highest BCUT2D eigenvalue weighted by molar-refractivity contribution is 8.06. The van der Waals surface area contributed by atoms with Crippen LogP contribution in [0.3, 0.4) is 0 Å². The topological polar surface area (TPSA) is 97.5 Å². The fraction of sp³-hybridized carbons (Fsp3) is 1.00. The number of hydrogen-bond acceptors (Lipinski definition) is 5. The first-order chi connectivity index (χ1) is 7.12. The van der Waals surface area contributed by atoms with Crippen molar-refractivity contribution in [2.24, 2.45) is 11.7 Å². The molecule has 0 aromatic heterocycles. The van der Waals surface area contributed by atoms with Gasteiger partial charge in [-0.05, 0) is 18.8 Å². The van der Waals surface area contributed by atoms with Crippen molar-refractivity contribution in [2.45, 2.75) is 18.4 Å². The van der Waals surface area contributed by atoms with Gasteiger partial charge in [0.15, 0.2) is 14.9 Å². The van der Waals surface area contributed by atoms with Gasteiger partial charge >= 0.3 is 0 Å². The van der Waals surface area contributed by atoms with E-state index in [0.29, 0.717) is 5.92 Å². The van der Waals surface area contributed by atoms with Crippen LogP contribution >= 0.6 is 0 Å². The van der Waals surface area contributed by atoms with Gasteiger partial charge in [0.05, 0.1) is 0 Å². The largest absolute Gasteiger partial charge is 0.323 e. The summed E-state index contributed by atoms with van der Waals surface area (Å²) >= 11 is 0. The molecule has 2 aliphatic rings. The highest BCUT2D eigenvalue weighted by Gasteiger charge is 2.53. The smallest absolute Gasteiger partial charge is 0.228 e. The molecule has 2 rings (SSSR count). The van der Waals surface area contributed by atoms with Gasteiger partial charge in [0.25, 0.3) is 0 Å². The molecular weight excluding hydrogens is 252 g/mol. The monoisotopic (exact) mass is 268 g/mol. The predicted octanol–water partition coefficient (Wildman–Crippen LogP) is -1.26. The lowest BCUT2D eigenvalue weighted by molar-refractivity contribution is 0.136. The van der Waals surface area contributed by atoms with E-state index in [4.69, 9.17) is 5.73 Å². The molecule has 2 N–H and O–H groups in total. The first kappa shape index (κ1) is 12.3. The molecule has 0 atom stereocenters. The number of nitrogens with zero attached hydrogens (tertiary/aromatic N) is 1. The minimum Gasteiger partial charge on any atom is -0.323 e. The summed E-state index contributed by atoms with van der Waals surface area (Å²) in [6.45, 7) is 0.519. The zero-order valence-electron chi connectivity index (χ0n) is 9.09. The van der Waals surface area contributed by atoms with Crippen molar-refractivity contribution in [3.8, 4) is 0 Å². The highest BCUT2D eigenvalue weighted by Crippen LogP contribution is 2.43. The summed E-state index contributed by atoms with van der Waals surface area (Å²) in [6.07, 6.45) is 3.02. The minimum atomic E-state index is -3.69. The average molecular weight is 268 g/mol. The van der Waals surface area contributed by atoms with E-state index in [0.717, 1.165) is 19.1 Å². The lowest BCUT2D eigenvalue weighted by Gasteiger charge is -2.46. The molecule has 0 bridgehead atoms. The molecule has 6 nitrogen and oxygen atoms in total. The Labute approximate surface area is 95.8 Å². The fourth-order valence-electron chi connectivity index (χ4n) is 2.07. The molecule has 1 saturated carbocycles. The standard InChI is InChI=1S/C8H16N2O4S2/c1-15(11,12)6-16(13,14)10-4-8(9,5-10)7-2-3-7/h7H,2-6,9H2,1H3. The van der Waals surface area contributed by atoms with Crippen molar-refractivity contribution in [3.63, 3.8) is 0 Å². The van der Waals surface area contributed by atoms with Crippen LogP contribution in [0.4, 0.5) is 0 Å². The Morgan fingerprint density at radius 1 is 1.25 bits per heavy atom. The molecule has 0 radical (unpaired) electrons. The second-order valence-corrected chi connectivity index (χ2v) is 9.41. The SMILES string of the molecule is CS(=O)(=O)CS(=O)(=O)N1CC(N)(C2CC2)C1. The van der Waals surface area contributed by atoms with Gasteiger partial charge in [0, 0.05) is 24.9 Å². The number of sulfonamides is 1. The van der Waals surface area contributed by atoms with Crippen LogP contribution in [0.2, 0.25) is 0 Å². The lowest BCUT2D eigenvalue weighted by Crippen LogP contribution is -2.70. The van der Waals surface area contributed by atoms with Gasteiger partial charge in [-0.1, -0.05) is 0 Å². The van der Waals surface area contributed by atoms with Crippen LogP contribution in [0, 0.1) is 5.92 Å². The third-order valence-electron chi connectivity index (χ3n) is 3.09. The molecule has 8 heteroatoms. The van der Waals surface area contributed by atoms with Crippen molar-refractivity contribution in [2.75, 3.05) is 24.4 Å². The quantitative estimate of drug-likeness (QED) is 0.686. The third-order valence-corrected chi connectivity index (χ3v) is 7.04. The fourth-order valence-corrected chi connectivity index (χ4v) is 5.70. The zero-order chi connectivity index (χ0) is 12.2. The molecule has 16 heavy (non-hydrogen) atoms. The molecule has 94 valence electrons. The van der Waals surface area contributed by atoms with Crippen LogP contribution in [0.15, 0.2) is 0 Å². The molecule has 1 aliphatic carbocycles. The summed E-state index contributed by atoms with van der Waals surface area (Å²) in [5.74, 6) is 0.414. The Bertz CT molecular complexity index is 486. The van der Waals surface area contributed by atoms with E-state index in [1.165, 1.54) is 4.31 Å². The molecular formula is C8H16N2O4S2. The van der Waals surface area contributed by atoms with Crippen molar-refractivity contribution in [1.29, 1.82) is 0 Å². The maximum absolute atomic E-state index is 11.7. The van der Waals surface area contributed by atoms with Crippen molar-refractivity contribution >= 4 is 19.9 Å². The van der Waals surface area contributed by atoms with Crippen LogP contribution in [0.25, 0.3) is 0 Å². The zero-order valence-corrected chi connectivity index (χ0v) is 10.7. The molecule has 0 aromatic carbocycles. The number of sulfone groups is 1. The molecule has 1 aliphatic heterocycles. The van der Waals surface area contributed by atoms with E-state index in [1.54, 1.807) is 0 Å². The van der Waals surface area contributed by atoms with E-state index >= 15 is 0 Å². The molecule has 0 spiro atoms. The third kappa shape index (κ3) is 2.39. The van der Waals surface area contributed by atoms with Crippen LogP contribution in [0.1, 0.15) is 12.8 Å². The second-order valence-electron chi connectivity index (χ2n) is 4.93. The molecule has 1 saturated heterocycles. The Hall–Kier alpha value is -0.180. The summed E-state index contributed by atoms with van der Waals surface area (Å²) < 4.78 is 46.4. The van der Waals surface area contributed by atoms with Crippen LogP contribution in [-0.2, 0) is 19.9 Å². The van der Waals surface area contributed by atoms with E-state index < -0.39 is 30.5 Å². The Balaban J connectivity index is 2.01. The van der Waals surface area contributed by atoms with Gasteiger partial charge in [0.1, 0.15) is 0 Å². The molecule has 0 unspecified atom stereocenters. The Kier molecular flexibility index (Phi) is 2.62. The summed E-state index contributed by atoms with van der Waals surface area (Å²) in [4.78, 5) is 0. The van der Waals surface area contributed by atoms with Crippen LogP contribution in [-0.4, -0.2) is 51.1 Å². The first-order valence-electron chi connectivity index (χ1n) is 5.07. The highest BCUT2D eigenvalue weighted by atomic mass is 32.3. The maximum Gasteiger partial charge on any atom is 0.228 e. The van der Waals surface area contributed by atoms with Crippen LogP contribution < -0.4 is 5.73 Å². The predicted molar refractivity (Wildman–Crippen MR) is 59.8 cm³/mol. The molecule has 2 fully saturated rings. The van der Waals surface area contributed by atoms with Crippen molar-refractivity contribution in [1.82, 2.24) is 4.31 Å². The van der Waals surface area contributed by atoms with Crippen molar-refractivity contribution in [3.05, 3.63) is 0 Å². The minimum absolute atomic E-state index is 0.259.